The van der Waals surface area contributed by atoms with E-state index in [0.717, 1.165) is 45.5 Å². The third-order valence-corrected chi connectivity index (χ3v) is 9.03. The van der Waals surface area contributed by atoms with Crippen LogP contribution in [0.5, 0.6) is 0 Å². The zero-order chi connectivity index (χ0) is 34.2. The van der Waals surface area contributed by atoms with Crippen LogP contribution in [0.15, 0.2) is 218 Å². The summed E-state index contributed by atoms with van der Waals surface area (Å²) < 4.78 is 0. The number of benzene rings is 8. The predicted octanol–water partition coefficient (Wildman–Crippen LogP) is 14.3. The zero-order valence-electron chi connectivity index (χ0n) is 28.2. The fourth-order valence-electron chi connectivity index (χ4n) is 6.47. The first-order valence-electron chi connectivity index (χ1n) is 17.3. The molecule has 8 rings (SSSR count). The maximum absolute atomic E-state index is 3.57. The summed E-state index contributed by atoms with van der Waals surface area (Å²) in [7, 11) is 0. The van der Waals surface area contributed by atoms with Gasteiger partial charge in [-0.1, -0.05) is 129 Å². The molecule has 0 bridgehead atoms. The van der Waals surface area contributed by atoms with Crippen molar-refractivity contribution in [2.75, 3.05) is 15.1 Å². The van der Waals surface area contributed by atoms with E-state index < -0.39 is 0 Å². The minimum Gasteiger partial charge on any atom is -0.356 e. The molecule has 0 radical (unpaired) electrons. The number of hydrogen-bond donors (Lipinski definition) is 1. The van der Waals surface area contributed by atoms with E-state index in [9.17, 15) is 0 Å². The highest BCUT2D eigenvalue weighted by Gasteiger charge is 2.13. The maximum Gasteiger partial charge on any atom is 0.0462 e. The van der Waals surface area contributed by atoms with Crippen LogP contribution in [0.2, 0.25) is 0 Å². The van der Waals surface area contributed by atoms with E-state index in [1.807, 2.05) is 0 Å². The maximum atomic E-state index is 3.57. The average molecular weight is 672 g/mol. The van der Waals surface area contributed by atoms with Gasteiger partial charge in [-0.05, 0) is 119 Å². The molecule has 0 fully saturated rings. The van der Waals surface area contributed by atoms with Crippen molar-refractivity contribution >= 4 is 45.5 Å². The molecule has 3 nitrogen and oxygen atoms in total. The summed E-state index contributed by atoms with van der Waals surface area (Å²) in [5.41, 5.74) is 13.6. The largest absolute Gasteiger partial charge is 0.356 e. The van der Waals surface area contributed by atoms with Gasteiger partial charge in [0.2, 0.25) is 0 Å². The van der Waals surface area contributed by atoms with Gasteiger partial charge in [-0.25, -0.2) is 0 Å². The van der Waals surface area contributed by atoms with Crippen LogP contribution in [-0.2, 0) is 0 Å². The predicted molar refractivity (Wildman–Crippen MR) is 223 cm³/mol. The Balaban J connectivity index is 0.00000420. The van der Waals surface area contributed by atoms with Gasteiger partial charge in [0.15, 0.2) is 0 Å². The Morgan fingerprint density at radius 3 is 0.692 bits per heavy atom. The van der Waals surface area contributed by atoms with Gasteiger partial charge in [-0.2, -0.15) is 0 Å². The molecule has 0 unspecified atom stereocenters. The molecule has 0 aromatic heterocycles. The number of hydrogen-bond acceptors (Lipinski definition) is 3. The molecule has 1 N–H and O–H groups in total. The van der Waals surface area contributed by atoms with E-state index in [0.29, 0.717) is 0 Å². The Kier molecular flexibility index (Phi) is 10.2. The molecule has 0 aliphatic carbocycles. The van der Waals surface area contributed by atoms with Crippen molar-refractivity contribution in [2.45, 2.75) is 7.43 Å². The molecule has 52 heavy (non-hydrogen) atoms. The summed E-state index contributed by atoms with van der Waals surface area (Å²) in [6.07, 6.45) is 0. The van der Waals surface area contributed by atoms with Gasteiger partial charge in [-0.3, -0.25) is 0 Å². The quantitative estimate of drug-likeness (QED) is 0.156. The highest BCUT2D eigenvalue weighted by atomic mass is 15.1. The minimum absolute atomic E-state index is 0. The molecule has 0 heterocycles. The van der Waals surface area contributed by atoms with Crippen LogP contribution >= 0.6 is 0 Å². The lowest BCUT2D eigenvalue weighted by atomic mass is 10.0. The molecule has 0 amide bonds. The monoisotopic (exact) mass is 671 g/mol. The van der Waals surface area contributed by atoms with Crippen LogP contribution in [0.1, 0.15) is 7.43 Å². The Labute approximate surface area is 307 Å². The summed E-state index contributed by atoms with van der Waals surface area (Å²) >= 11 is 0. The molecule has 0 aliphatic rings. The van der Waals surface area contributed by atoms with Crippen LogP contribution in [-0.4, -0.2) is 0 Å². The first-order valence-corrected chi connectivity index (χ1v) is 17.3. The van der Waals surface area contributed by atoms with E-state index in [1.165, 1.54) is 22.3 Å². The first-order chi connectivity index (χ1) is 25.3. The summed E-state index contributed by atoms with van der Waals surface area (Å²) in [5, 5.41) is 3.57. The lowest BCUT2D eigenvalue weighted by Crippen LogP contribution is -2.09. The molecule has 3 heteroatoms. The second kappa shape index (κ2) is 15.8. The molecule has 0 aliphatic heterocycles. The molecular formula is C49H41N3. The van der Waals surface area contributed by atoms with E-state index in [4.69, 9.17) is 0 Å². The van der Waals surface area contributed by atoms with Crippen molar-refractivity contribution in [2.24, 2.45) is 0 Å². The fourth-order valence-corrected chi connectivity index (χ4v) is 6.47. The van der Waals surface area contributed by atoms with Gasteiger partial charge in [0, 0.05) is 45.5 Å². The smallest absolute Gasteiger partial charge is 0.0462 e. The molecule has 252 valence electrons. The first kappa shape index (κ1) is 33.6. The Hall–Kier alpha value is -6.84. The lowest BCUT2D eigenvalue weighted by Gasteiger charge is -2.25. The van der Waals surface area contributed by atoms with Gasteiger partial charge in [-0.15, -0.1) is 0 Å². The standard InChI is InChI=1S/C48H37N3.CH4/c1-5-13-43(14-6-1)50(44-15-7-2-8-16-44)47-33-25-39(26-34-47)37-21-29-41(30-22-37)49-42-31-23-38(24-32-42)40-27-35-48(36-28-40)51(45-17-9-3-10-18-45)46-19-11-4-12-20-46;/h1-36,49H;1H4. The second-order valence-electron chi connectivity index (χ2n) is 12.4. The van der Waals surface area contributed by atoms with Crippen molar-refractivity contribution in [3.63, 3.8) is 0 Å². The van der Waals surface area contributed by atoms with E-state index >= 15 is 0 Å². The van der Waals surface area contributed by atoms with E-state index in [1.54, 1.807) is 0 Å². The molecule has 8 aromatic rings. The van der Waals surface area contributed by atoms with E-state index in [2.05, 4.69) is 234 Å². The summed E-state index contributed by atoms with van der Waals surface area (Å²) in [4.78, 5) is 4.56. The normalized spacial score (nSPS) is 10.5. The van der Waals surface area contributed by atoms with Gasteiger partial charge in [0.1, 0.15) is 0 Å². The molecular weight excluding hydrogens is 631 g/mol. The van der Waals surface area contributed by atoms with Crippen LogP contribution < -0.4 is 15.1 Å². The second-order valence-corrected chi connectivity index (χ2v) is 12.4. The van der Waals surface area contributed by atoms with Crippen molar-refractivity contribution in [1.29, 1.82) is 0 Å². The van der Waals surface area contributed by atoms with Crippen molar-refractivity contribution < 1.29 is 0 Å². The summed E-state index contributed by atoms with van der Waals surface area (Å²) in [6, 6.07) is 76.8. The summed E-state index contributed by atoms with van der Waals surface area (Å²) in [5.74, 6) is 0. The molecule has 0 saturated heterocycles. The lowest BCUT2D eigenvalue weighted by molar-refractivity contribution is 1.28. The molecule has 0 saturated carbocycles. The number of para-hydroxylation sites is 4. The average Bonchev–Trinajstić information content (AvgIpc) is 3.21. The number of anilines is 8. The van der Waals surface area contributed by atoms with Crippen molar-refractivity contribution in [3.05, 3.63) is 218 Å². The van der Waals surface area contributed by atoms with Crippen molar-refractivity contribution in [3.8, 4) is 22.3 Å². The number of nitrogens with zero attached hydrogens (tertiary/aromatic N) is 2. The van der Waals surface area contributed by atoms with Crippen LogP contribution in [0.25, 0.3) is 22.3 Å². The number of nitrogens with one attached hydrogen (secondary N) is 1. The fraction of sp³-hybridized carbons (Fsp3) is 0.0204. The topological polar surface area (TPSA) is 18.5 Å². The third-order valence-electron chi connectivity index (χ3n) is 9.03. The van der Waals surface area contributed by atoms with Crippen LogP contribution in [0.4, 0.5) is 45.5 Å². The number of rotatable bonds is 10. The van der Waals surface area contributed by atoms with Gasteiger partial charge >= 0.3 is 0 Å². The SMILES string of the molecule is C.c1ccc(N(c2ccccc2)c2ccc(-c3ccc(Nc4ccc(-c5ccc(N(c6ccccc6)c6ccccc6)cc5)cc4)cc3)cc2)cc1. The molecule has 8 aromatic carbocycles. The minimum atomic E-state index is 0. The van der Waals surface area contributed by atoms with E-state index in [-0.39, 0.29) is 7.43 Å². The molecule has 0 spiro atoms. The molecule has 0 atom stereocenters. The summed E-state index contributed by atoms with van der Waals surface area (Å²) in [6.45, 7) is 0. The van der Waals surface area contributed by atoms with Crippen LogP contribution in [0.3, 0.4) is 0 Å². The highest BCUT2D eigenvalue weighted by molar-refractivity contribution is 5.80. The Morgan fingerprint density at radius 2 is 0.442 bits per heavy atom. The van der Waals surface area contributed by atoms with Gasteiger partial charge < -0.3 is 15.1 Å². The van der Waals surface area contributed by atoms with Gasteiger partial charge in [0.25, 0.3) is 0 Å². The van der Waals surface area contributed by atoms with Gasteiger partial charge in [0.05, 0.1) is 0 Å². The zero-order valence-corrected chi connectivity index (χ0v) is 28.2. The Morgan fingerprint density at radius 1 is 0.231 bits per heavy atom. The highest BCUT2D eigenvalue weighted by Crippen LogP contribution is 2.37. The third kappa shape index (κ3) is 7.50. The van der Waals surface area contributed by atoms with Crippen molar-refractivity contribution in [1.82, 2.24) is 0 Å². The Bertz CT molecular complexity index is 2020. The van der Waals surface area contributed by atoms with Crippen LogP contribution in [0, 0.1) is 0 Å².